The monoisotopic (exact) mass is 326 g/mol. The van der Waals surface area contributed by atoms with Gasteiger partial charge in [-0.05, 0) is 48.9 Å². The van der Waals surface area contributed by atoms with Crippen LogP contribution in [-0.4, -0.2) is 18.3 Å². The van der Waals surface area contributed by atoms with E-state index in [1.54, 1.807) is 24.3 Å². The lowest BCUT2D eigenvalue weighted by Gasteiger charge is -2.11. The highest BCUT2D eigenvalue weighted by atomic mass is 19.1. The largest absolute Gasteiger partial charge is 0.486 e. The van der Waals surface area contributed by atoms with Crippen LogP contribution in [0.4, 0.5) is 10.1 Å². The van der Waals surface area contributed by atoms with Crippen LogP contribution in [0.2, 0.25) is 0 Å². The molecule has 0 aromatic heterocycles. The minimum absolute atomic E-state index is 0.278. The van der Waals surface area contributed by atoms with Gasteiger partial charge in [0.2, 0.25) is 5.91 Å². The molecule has 2 rings (SSSR count). The Labute approximate surface area is 138 Å². The first-order chi connectivity index (χ1) is 11.5. The van der Waals surface area contributed by atoms with Gasteiger partial charge in [-0.15, -0.1) is 0 Å². The molecule has 122 valence electrons. The number of nitrogens with zero attached hydrogens (tertiary/aromatic N) is 1. The minimum Gasteiger partial charge on any atom is -0.486 e. The molecule has 0 saturated carbocycles. The first kappa shape index (κ1) is 17.2. The Morgan fingerprint density at radius 2 is 1.96 bits per heavy atom. The van der Waals surface area contributed by atoms with Crippen molar-refractivity contribution >= 4 is 17.4 Å². The Balaban J connectivity index is 1.96. The zero-order valence-electron chi connectivity index (χ0n) is 13.0. The van der Waals surface area contributed by atoms with Crippen LogP contribution in [0.3, 0.4) is 0 Å². The Hall–Kier alpha value is -3.20. The van der Waals surface area contributed by atoms with Gasteiger partial charge in [0, 0.05) is 5.69 Å². The van der Waals surface area contributed by atoms with Crippen LogP contribution in [0, 0.1) is 30.0 Å². The summed E-state index contributed by atoms with van der Waals surface area (Å²) in [5.74, 6) is -3.02. The molecule has 5 nitrogen and oxygen atoms in total. The predicted octanol–water partition coefficient (Wildman–Crippen LogP) is 2.86. The highest BCUT2D eigenvalue weighted by molar-refractivity contribution is 6.09. The zero-order valence-corrected chi connectivity index (χ0v) is 13.0. The number of carbonyl (C=O) groups excluding carboxylic acids is 2. The molecule has 0 aliphatic carbocycles. The van der Waals surface area contributed by atoms with E-state index in [9.17, 15) is 14.0 Å². The molecule has 0 radical (unpaired) electrons. The molecule has 0 fully saturated rings. The van der Waals surface area contributed by atoms with Gasteiger partial charge in [-0.25, -0.2) is 4.39 Å². The Morgan fingerprint density at radius 1 is 1.25 bits per heavy atom. The van der Waals surface area contributed by atoms with Gasteiger partial charge in [0.1, 0.15) is 18.2 Å². The number of benzene rings is 2. The van der Waals surface area contributed by atoms with Crippen molar-refractivity contribution in [3.8, 4) is 11.8 Å². The van der Waals surface area contributed by atoms with Crippen molar-refractivity contribution in [1.29, 1.82) is 5.26 Å². The van der Waals surface area contributed by atoms with Gasteiger partial charge < -0.3 is 10.1 Å². The second-order valence-electron chi connectivity index (χ2n) is 5.13. The number of ketones is 1. The minimum atomic E-state index is -1.48. The number of aryl methyl sites for hydroxylation is 1. The van der Waals surface area contributed by atoms with Crippen molar-refractivity contribution in [3.63, 3.8) is 0 Å². The van der Waals surface area contributed by atoms with Crippen molar-refractivity contribution in [2.24, 2.45) is 5.92 Å². The quantitative estimate of drug-likeness (QED) is 0.828. The van der Waals surface area contributed by atoms with Crippen LogP contribution in [0.5, 0.6) is 5.75 Å². The predicted molar refractivity (Wildman–Crippen MR) is 85.8 cm³/mol. The zero-order chi connectivity index (χ0) is 17.5. The van der Waals surface area contributed by atoms with E-state index in [-0.39, 0.29) is 5.75 Å². The fourth-order valence-electron chi connectivity index (χ4n) is 1.98. The first-order valence-corrected chi connectivity index (χ1v) is 7.18. The maximum atomic E-state index is 12.8. The molecule has 0 bridgehead atoms. The molecule has 24 heavy (non-hydrogen) atoms. The summed E-state index contributed by atoms with van der Waals surface area (Å²) in [5.41, 5.74) is 1.44. The average Bonchev–Trinajstić information content (AvgIpc) is 2.55. The Morgan fingerprint density at radius 3 is 2.58 bits per heavy atom. The number of carbonyl (C=O) groups is 2. The summed E-state index contributed by atoms with van der Waals surface area (Å²) in [6.07, 6.45) is 0. The van der Waals surface area contributed by atoms with E-state index >= 15 is 0 Å². The summed E-state index contributed by atoms with van der Waals surface area (Å²) in [6, 6.07) is 13.8. The molecule has 1 atom stereocenters. The molecule has 1 amide bonds. The van der Waals surface area contributed by atoms with Gasteiger partial charge in [-0.3, -0.25) is 9.59 Å². The van der Waals surface area contributed by atoms with Crippen LogP contribution >= 0.6 is 0 Å². The smallest absolute Gasteiger partial charge is 0.249 e. The summed E-state index contributed by atoms with van der Waals surface area (Å²) in [7, 11) is 0. The van der Waals surface area contributed by atoms with Crippen molar-refractivity contribution in [2.45, 2.75) is 6.92 Å². The maximum Gasteiger partial charge on any atom is 0.249 e. The summed E-state index contributed by atoms with van der Waals surface area (Å²) >= 11 is 0. The topological polar surface area (TPSA) is 79.2 Å². The Kier molecular flexibility index (Phi) is 5.63. The number of halogens is 1. The van der Waals surface area contributed by atoms with Crippen LogP contribution in [0.15, 0.2) is 48.5 Å². The molecule has 0 aliphatic heterocycles. The van der Waals surface area contributed by atoms with Gasteiger partial charge in [0.25, 0.3) is 0 Å². The highest BCUT2D eigenvalue weighted by Gasteiger charge is 2.26. The number of ether oxygens (including phenoxy) is 1. The molecular formula is C18H15FN2O3. The lowest BCUT2D eigenvalue weighted by atomic mass is 10.1. The number of nitriles is 1. The summed E-state index contributed by atoms with van der Waals surface area (Å²) in [5, 5.41) is 11.6. The summed E-state index contributed by atoms with van der Waals surface area (Å²) in [6.45, 7) is 1.41. The number of amides is 1. The van der Waals surface area contributed by atoms with Crippen molar-refractivity contribution < 1.29 is 18.7 Å². The first-order valence-electron chi connectivity index (χ1n) is 7.18. The lowest BCUT2D eigenvalue weighted by Crippen LogP contribution is -2.31. The van der Waals surface area contributed by atoms with Gasteiger partial charge >= 0.3 is 0 Å². The van der Waals surface area contributed by atoms with E-state index in [4.69, 9.17) is 10.00 Å². The third kappa shape index (κ3) is 4.65. The summed E-state index contributed by atoms with van der Waals surface area (Å²) < 4.78 is 18.0. The van der Waals surface area contributed by atoms with Crippen LogP contribution in [0.1, 0.15) is 5.56 Å². The molecule has 2 aromatic carbocycles. The molecule has 1 N–H and O–H groups in total. The molecule has 6 heteroatoms. The normalized spacial score (nSPS) is 11.2. The van der Waals surface area contributed by atoms with Crippen LogP contribution in [0.25, 0.3) is 0 Å². The Bertz CT molecular complexity index is 782. The molecule has 2 aromatic rings. The average molecular weight is 326 g/mol. The fourth-order valence-corrected chi connectivity index (χ4v) is 1.98. The van der Waals surface area contributed by atoms with Gasteiger partial charge in [0.05, 0.1) is 6.07 Å². The van der Waals surface area contributed by atoms with Crippen LogP contribution in [-0.2, 0) is 9.59 Å². The summed E-state index contributed by atoms with van der Waals surface area (Å²) in [4.78, 5) is 24.1. The molecule has 0 saturated heterocycles. The lowest BCUT2D eigenvalue weighted by molar-refractivity contribution is -0.130. The number of nitrogens with one attached hydrogen (secondary N) is 1. The second kappa shape index (κ2) is 7.88. The third-order valence-corrected chi connectivity index (χ3v) is 3.19. The van der Waals surface area contributed by atoms with E-state index in [0.29, 0.717) is 5.69 Å². The van der Waals surface area contributed by atoms with Crippen molar-refractivity contribution in [1.82, 2.24) is 0 Å². The van der Waals surface area contributed by atoms with E-state index in [2.05, 4.69) is 5.32 Å². The van der Waals surface area contributed by atoms with E-state index in [1.165, 1.54) is 24.3 Å². The standard InChI is InChI=1S/C18H15FN2O3/c1-12-3-2-4-14(9-12)21-18(23)16(10-20)17(22)11-24-15-7-5-13(19)6-8-15/h2-9,16H,11H2,1H3,(H,21,23)/t16-/m1/s1. The van der Waals surface area contributed by atoms with Crippen molar-refractivity contribution in [3.05, 3.63) is 59.9 Å². The molecule has 0 heterocycles. The van der Waals surface area contributed by atoms with E-state index in [0.717, 1.165) is 5.56 Å². The number of anilines is 1. The maximum absolute atomic E-state index is 12.8. The number of hydrogen-bond acceptors (Lipinski definition) is 4. The van der Waals surface area contributed by atoms with Gasteiger partial charge in [-0.2, -0.15) is 5.26 Å². The SMILES string of the molecule is Cc1cccc(NC(=O)[C@H](C#N)C(=O)COc2ccc(F)cc2)c1. The van der Waals surface area contributed by atoms with E-state index in [1.807, 2.05) is 13.0 Å². The van der Waals surface area contributed by atoms with E-state index < -0.39 is 30.0 Å². The molecule has 0 aliphatic rings. The number of hydrogen-bond donors (Lipinski definition) is 1. The van der Waals surface area contributed by atoms with Crippen LogP contribution < -0.4 is 10.1 Å². The number of Topliss-reactive ketones (excluding diaryl/α,β-unsaturated/α-hetero) is 1. The highest BCUT2D eigenvalue weighted by Crippen LogP contribution is 2.13. The molecule has 0 spiro atoms. The fraction of sp³-hybridized carbons (Fsp3) is 0.167. The second-order valence-corrected chi connectivity index (χ2v) is 5.13. The van der Waals surface area contributed by atoms with Crippen molar-refractivity contribution in [2.75, 3.05) is 11.9 Å². The molecular weight excluding hydrogens is 311 g/mol. The van der Waals surface area contributed by atoms with Gasteiger partial charge in [0.15, 0.2) is 11.7 Å². The third-order valence-electron chi connectivity index (χ3n) is 3.19. The van der Waals surface area contributed by atoms with Gasteiger partial charge in [-0.1, -0.05) is 12.1 Å². The number of rotatable bonds is 6. The molecule has 0 unspecified atom stereocenters.